The Kier molecular flexibility index (Phi) is 6.63. The van der Waals surface area contributed by atoms with Gasteiger partial charge in [0.2, 0.25) is 10.0 Å². The molecule has 1 N–H and O–H groups in total. The molecule has 206 valence electrons. The van der Waals surface area contributed by atoms with E-state index >= 15 is 0 Å². The predicted molar refractivity (Wildman–Crippen MR) is 167 cm³/mol. The molecule has 3 heterocycles. The van der Waals surface area contributed by atoms with Gasteiger partial charge in [0.15, 0.2) is 0 Å². The van der Waals surface area contributed by atoms with E-state index in [9.17, 15) is 13.2 Å². The Morgan fingerprint density at radius 1 is 0.976 bits per heavy atom. The molecule has 41 heavy (non-hydrogen) atoms. The smallest absolute Gasteiger partial charge is 0.255 e. The van der Waals surface area contributed by atoms with E-state index in [1.807, 2.05) is 55.5 Å². The highest BCUT2D eigenvalue weighted by atomic mass is 32.2. The number of amides is 1. The van der Waals surface area contributed by atoms with Crippen molar-refractivity contribution in [2.24, 2.45) is 0 Å². The monoisotopic (exact) mass is 581 g/mol. The van der Waals surface area contributed by atoms with Gasteiger partial charge in [-0.1, -0.05) is 48.0 Å². The number of furan rings is 1. The minimum atomic E-state index is -3.63. The molecule has 0 saturated heterocycles. The molecule has 7 nitrogen and oxygen atoms in total. The summed E-state index contributed by atoms with van der Waals surface area (Å²) >= 11 is 1.68. The zero-order chi connectivity index (χ0) is 28.9. The van der Waals surface area contributed by atoms with Gasteiger partial charge < -0.3 is 9.73 Å². The number of anilines is 1. The van der Waals surface area contributed by atoms with Gasteiger partial charge in [-0.15, -0.1) is 11.3 Å². The SMILES string of the molecule is CNC(=O)c1c(-c2ccc(C)cc2)oc2cc(N(C)S(C)(=O)=O)c(-c3cc(-c4cc5ccccc5s4)ccn3)cc12. The Morgan fingerprint density at radius 2 is 1.73 bits per heavy atom. The molecule has 0 unspecified atom stereocenters. The van der Waals surface area contributed by atoms with Gasteiger partial charge in [0.25, 0.3) is 5.91 Å². The van der Waals surface area contributed by atoms with E-state index in [1.165, 1.54) is 16.1 Å². The van der Waals surface area contributed by atoms with Gasteiger partial charge in [-0.3, -0.25) is 14.1 Å². The minimum Gasteiger partial charge on any atom is -0.455 e. The van der Waals surface area contributed by atoms with Gasteiger partial charge in [0.1, 0.15) is 11.3 Å². The standard InChI is InChI=1S/C32H27N3O4S2/c1-19-9-11-20(12-10-19)31-30(32(36)33-2)24-17-23(26(18-27(24)39-31)35(3)41(4,37)38)25-15-22(13-14-34-25)29-16-21-7-5-6-8-28(21)40-29/h5-18H,1-4H3,(H,33,36). The molecule has 0 atom stereocenters. The van der Waals surface area contributed by atoms with E-state index in [1.54, 1.807) is 36.7 Å². The van der Waals surface area contributed by atoms with Crippen LogP contribution < -0.4 is 9.62 Å². The third kappa shape index (κ3) is 4.87. The van der Waals surface area contributed by atoms with Crippen molar-refractivity contribution in [1.82, 2.24) is 10.3 Å². The summed E-state index contributed by atoms with van der Waals surface area (Å²) in [4.78, 5) is 18.9. The van der Waals surface area contributed by atoms with Gasteiger partial charge >= 0.3 is 0 Å². The molecule has 0 aliphatic rings. The van der Waals surface area contributed by atoms with Crippen LogP contribution in [-0.4, -0.2) is 39.7 Å². The Morgan fingerprint density at radius 3 is 2.44 bits per heavy atom. The molecule has 0 fully saturated rings. The lowest BCUT2D eigenvalue weighted by atomic mass is 9.99. The number of pyridine rings is 1. The largest absolute Gasteiger partial charge is 0.455 e. The maximum atomic E-state index is 13.2. The van der Waals surface area contributed by atoms with E-state index in [0.29, 0.717) is 39.2 Å². The number of rotatable bonds is 6. The molecule has 6 aromatic rings. The van der Waals surface area contributed by atoms with Crippen molar-refractivity contribution >= 4 is 54.0 Å². The molecule has 3 aromatic carbocycles. The van der Waals surface area contributed by atoms with Crippen molar-refractivity contribution in [1.29, 1.82) is 0 Å². The molecule has 0 aliphatic heterocycles. The maximum absolute atomic E-state index is 13.2. The normalized spacial score (nSPS) is 11.7. The zero-order valence-electron chi connectivity index (χ0n) is 22.9. The number of hydrogen-bond donors (Lipinski definition) is 1. The summed E-state index contributed by atoms with van der Waals surface area (Å²) in [5.41, 5.74) is 5.10. The fourth-order valence-electron chi connectivity index (χ4n) is 4.89. The molecule has 6 rings (SSSR count). The molecule has 0 bridgehead atoms. The summed E-state index contributed by atoms with van der Waals surface area (Å²) < 4.78 is 34.1. The Balaban J connectivity index is 1.61. The number of carbonyl (C=O) groups is 1. The number of thiophene rings is 1. The molecule has 0 spiro atoms. The number of aromatic nitrogens is 1. The van der Waals surface area contributed by atoms with Gasteiger partial charge in [0.05, 0.1) is 23.2 Å². The van der Waals surface area contributed by atoms with Gasteiger partial charge in [0, 0.05) is 52.4 Å². The number of sulfonamides is 1. The fourth-order valence-corrected chi connectivity index (χ4v) is 6.46. The second-order valence-electron chi connectivity index (χ2n) is 9.93. The van der Waals surface area contributed by atoms with Crippen molar-refractivity contribution < 1.29 is 17.6 Å². The number of hydrogen-bond acceptors (Lipinski definition) is 6. The van der Waals surface area contributed by atoms with E-state index < -0.39 is 10.0 Å². The molecular formula is C32H27N3O4S2. The van der Waals surface area contributed by atoms with Crippen LogP contribution in [-0.2, 0) is 10.0 Å². The lowest BCUT2D eigenvalue weighted by Gasteiger charge is -2.20. The van der Waals surface area contributed by atoms with Crippen LogP contribution in [0, 0.1) is 6.92 Å². The fraction of sp³-hybridized carbons (Fsp3) is 0.125. The first kappa shape index (κ1) is 26.7. The van der Waals surface area contributed by atoms with Crippen molar-refractivity contribution in [3.8, 4) is 33.0 Å². The molecule has 0 aliphatic carbocycles. The van der Waals surface area contributed by atoms with E-state index in [0.717, 1.165) is 33.2 Å². The molecule has 1 amide bonds. The summed E-state index contributed by atoms with van der Waals surface area (Å²) in [5, 5.41) is 4.44. The quantitative estimate of drug-likeness (QED) is 0.226. The Hall–Kier alpha value is -4.47. The molecule has 0 radical (unpaired) electrons. The number of aryl methyl sites for hydroxylation is 1. The summed E-state index contributed by atoms with van der Waals surface area (Å²) in [6.07, 6.45) is 2.87. The van der Waals surface area contributed by atoms with Crippen molar-refractivity contribution in [3.05, 3.63) is 96.2 Å². The Labute approximate surface area is 242 Å². The zero-order valence-corrected chi connectivity index (χ0v) is 24.6. The first-order valence-corrected chi connectivity index (χ1v) is 15.6. The average molecular weight is 582 g/mol. The number of benzene rings is 3. The second kappa shape index (κ2) is 10.2. The molecule has 3 aromatic heterocycles. The van der Waals surface area contributed by atoms with Crippen molar-refractivity contribution in [2.45, 2.75) is 6.92 Å². The van der Waals surface area contributed by atoms with E-state index in [2.05, 4.69) is 28.5 Å². The lowest BCUT2D eigenvalue weighted by Crippen LogP contribution is -2.25. The maximum Gasteiger partial charge on any atom is 0.255 e. The topological polar surface area (TPSA) is 92.5 Å². The van der Waals surface area contributed by atoms with E-state index in [4.69, 9.17) is 4.42 Å². The van der Waals surface area contributed by atoms with Gasteiger partial charge in [-0.2, -0.15) is 0 Å². The average Bonchev–Trinajstić information content (AvgIpc) is 3.57. The highest BCUT2D eigenvalue weighted by Crippen LogP contribution is 2.42. The van der Waals surface area contributed by atoms with Crippen LogP contribution in [0.1, 0.15) is 15.9 Å². The van der Waals surface area contributed by atoms with Gasteiger partial charge in [-0.05, 0) is 48.2 Å². The number of carbonyl (C=O) groups excluding carboxylic acids is 1. The summed E-state index contributed by atoms with van der Waals surface area (Å²) in [6.45, 7) is 1.99. The highest BCUT2D eigenvalue weighted by Gasteiger charge is 2.26. The van der Waals surface area contributed by atoms with Crippen LogP contribution in [0.2, 0.25) is 0 Å². The van der Waals surface area contributed by atoms with Crippen LogP contribution >= 0.6 is 11.3 Å². The second-order valence-corrected chi connectivity index (χ2v) is 13.0. The molecule has 0 saturated carbocycles. The van der Waals surface area contributed by atoms with Crippen LogP contribution in [0.25, 0.3) is 54.1 Å². The molecular weight excluding hydrogens is 555 g/mol. The lowest BCUT2D eigenvalue weighted by molar-refractivity contribution is 0.0964. The minimum absolute atomic E-state index is 0.304. The van der Waals surface area contributed by atoms with Crippen LogP contribution in [0.5, 0.6) is 0 Å². The van der Waals surface area contributed by atoms with Crippen molar-refractivity contribution in [2.75, 3.05) is 24.7 Å². The highest BCUT2D eigenvalue weighted by molar-refractivity contribution is 7.92. The van der Waals surface area contributed by atoms with Crippen LogP contribution in [0.4, 0.5) is 5.69 Å². The van der Waals surface area contributed by atoms with Crippen LogP contribution in [0.3, 0.4) is 0 Å². The third-order valence-electron chi connectivity index (χ3n) is 7.16. The molecule has 9 heteroatoms. The first-order chi connectivity index (χ1) is 19.6. The third-order valence-corrected chi connectivity index (χ3v) is 9.51. The summed E-state index contributed by atoms with van der Waals surface area (Å²) in [7, 11) is -0.558. The van der Waals surface area contributed by atoms with Crippen LogP contribution in [0.15, 0.2) is 89.5 Å². The summed E-state index contributed by atoms with van der Waals surface area (Å²) in [6, 6.07) is 25.4. The number of fused-ring (bicyclic) bond motifs is 2. The van der Waals surface area contributed by atoms with Gasteiger partial charge in [-0.25, -0.2) is 8.42 Å². The number of nitrogens with one attached hydrogen (secondary N) is 1. The number of nitrogens with zero attached hydrogens (tertiary/aromatic N) is 2. The Bertz CT molecular complexity index is 2030. The van der Waals surface area contributed by atoms with E-state index in [-0.39, 0.29) is 5.91 Å². The first-order valence-electron chi connectivity index (χ1n) is 12.9. The van der Waals surface area contributed by atoms with Crippen molar-refractivity contribution in [3.63, 3.8) is 0 Å². The predicted octanol–water partition coefficient (Wildman–Crippen LogP) is 7.11. The summed E-state index contributed by atoms with van der Waals surface area (Å²) in [5.74, 6) is 0.109.